The van der Waals surface area contributed by atoms with Gasteiger partial charge in [0.1, 0.15) is 12.1 Å². The van der Waals surface area contributed by atoms with E-state index in [1.165, 1.54) is 24.5 Å². The molecule has 3 aromatic rings. The van der Waals surface area contributed by atoms with E-state index in [0.29, 0.717) is 23.6 Å². The van der Waals surface area contributed by atoms with Crippen LogP contribution in [0.4, 0.5) is 4.39 Å². The molecule has 0 saturated carbocycles. The molecule has 1 aromatic heterocycles. The van der Waals surface area contributed by atoms with Crippen molar-refractivity contribution in [2.45, 2.75) is 37.4 Å². The number of ether oxygens (including phenoxy) is 1. The number of methoxy groups -OCH3 is 1. The van der Waals surface area contributed by atoms with Gasteiger partial charge in [0.25, 0.3) is 0 Å². The van der Waals surface area contributed by atoms with E-state index < -0.39 is 0 Å². The maximum atomic E-state index is 13.9. The first kappa shape index (κ1) is 23.6. The van der Waals surface area contributed by atoms with Crippen molar-refractivity contribution < 1.29 is 9.13 Å². The molecule has 2 aliphatic rings. The van der Waals surface area contributed by atoms with Crippen molar-refractivity contribution in [3.63, 3.8) is 0 Å². The number of nitrogens with zero attached hydrogens (tertiary/aromatic N) is 4. The van der Waals surface area contributed by atoms with Gasteiger partial charge in [-0.15, -0.1) is 0 Å². The van der Waals surface area contributed by atoms with Gasteiger partial charge in [-0.3, -0.25) is 9.80 Å². The molecule has 2 fully saturated rings. The van der Waals surface area contributed by atoms with Crippen molar-refractivity contribution in [2.75, 3.05) is 33.4 Å². The summed E-state index contributed by atoms with van der Waals surface area (Å²) in [4.78, 5) is 13.6. The quantitative estimate of drug-likeness (QED) is 0.526. The summed E-state index contributed by atoms with van der Waals surface area (Å²) in [6.45, 7) is 4.81. The number of benzene rings is 2. The van der Waals surface area contributed by atoms with Crippen LogP contribution >= 0.6 is 0 Å². The number of rotatable bonds is 5. The second kappa shape index (κ2) is 11.1. The van der Waals surface area contributed by atoms with Crippen LogP contribution in [0.1, 0.15) is 41.0 Å². The molecule has 2 aromatic carbocycles. The van der Waals surface area contributed by atoms with E-state index in [1.54, 1.807) is 31.6 Å². The monoisotopic (exact) mass is 470 g/mol. The van der Waals surface area contributed by atoms with Gasteiger partial charge in [-0.1, -0.05) is 36.1 Å². The lowest BCUT2D eigenvalue weighted by Gasteiger charge is -2.57. The van der Waals surface area contributed by atoms with E-state index in [4.69, 9.17) is 4.74 Å². The number of hydrogen-bond acceptors (Lipinski definition) is 5. The number of aromatic nitrogens is 2. The smallest absolute Gasteiger partial charge is 0.138 e. The summed E-state index contributed by atoms with van der Waals surface area (Å²) in [7, 11) is 1.79. The van der Waals surface area contributed by atoms with Crippen LogP contribution in [-0.2, 0) is 11.3 Å². The number of halogens is 1. The van der Waals surface area contributed by atoms with Gasteiger partial charge in [0.05, 0.1) is 12.2 Å². The SMILES string of the molecule is COC[C@H]1[C@@H](c2ccc(C#Cc3ccccc3F)cc2)[C@@H]2CN(Cc3cncnc3)CCCCN12. The Labute approximate surface area is 207 Å². The van der Waals surface area contributed by atoms with Gasteiger partial charge in [-0.2, -0.15) is 0 Å². The van der Waals surface area contributed by atoms with Crippen LogP contribution in [0.25, 0.3) is 0 Å². The molecule has 0 radical (unpaired) electrons. The van der Waals surface area contributed by atoms with Crippen LogP contribution in [0.15, 0.2) is 67.3 Å². The largest absolute Gasteiger partial charge is 0.383 e. The Morgan fingerprint density at radius 3 is 2.54 bits per heavy atom. The second-order valence-electron chi connectivity index (χ2n) is 9.39. The lowest BCUT2D eigenvalue weighted by Crippen LogP contribution is -2.67. The molecule has 5 nitrogen and oxygen atoms in total. The van der Waals surface area contributed by atoms with Crippen LogP contribution in [0.5, 0.6) is 0 Å². The number of hydrogen-bond donors (Lipinski definition) is 0. The van der Waals surface area contributed by atoms with E-state index in [-0.39, 0.29) is 5.82 Å². The lowest BCUT2D eigenvalue weighted by atomic mass is 9.74. The molecule has 0 spiro atoms. The van der Waals surface area contributed by atoms with Crippen LogP contribution in [0.2, 0.25) is 0 Å². The Hall–Kier alpha value is -3.11. The highest BCUT2D eigenvalue weighted by Gasteiger charge is 2.49. The maximum absolute atomic E-state index is 13.9. The molecule has 0 amide bonds. The molecule has 3 heterocycles. The average molecular weight is 471 g/mol. The molecule has 0 aliphatic carbocycles. The summed E-state index contributed by atoms with van der Waals surface area (Å²) in [5.74, 6) is 6.17. The third kappa shape index (κ3) is 5.43. The Morgan fingerprint density at radius 2 is 1.77 bits per heavy atom. The highest BCUT2D eigenvalue weighted by Crippen LogP contribution is 2.42. The Morgan fingerprint density at radius 1 is 1.00 bits per heavy atom. The van der Waals surface area contributed by atoms with E-state index in [1.807, 2.05) is 12.4 Å². The van der Waals surface area contributed by atoms with Crippen LogP contribution in [0, 0.1) is 17.7 Å². The van der Waals surface area contributed by atoms with Crippen molar-refractivity contribution in [2.24, 2.45) is 0 Å². The molecule has 180 valence electrons. The second-order valence-corrected chi connectivity index (χ2v) is 9.39. The van der Waals surface area contributed by atoms with E-state index in [9.17, 15) is 4.39 Å². The van der Waals surface area contributed by atoms with Gasteiger partial charge in [0.2, 0.25) is 0 Å². The minimum absolute atomic E-state index is 0.288. The summed E-state index contributed by atoms with van der Waals surface area (Å²) in [6.07, 6.45) is 7.79. The normalized spacial score (nSPS) is 22.7. The predicted octanol–water partition coefficient (Wildman–Crippen LogP) is 4.09. The molecule has 0 unspecified atom stereocenters. The molecule has 6 heteroatoms. The van der Waals surface area contributed by atoms with Crippen molar-refractivity contribution in [1.29, 1.82) is 0 Å². The first-order valence-electron chi connectivity index (χ1n) is 12.3. The first-order valence-corrected chi connectivity index (χ1v) is 12.3. The molecule has 0 N–H and O–H groups in total. The molecule has 0 bridgehead atoms. The van der Waals surface area contributed by atoms with Gasteiger partial charge in [0.15, 0.2) is 0 Å². The number of fused-ring (bicyclic) bond motifs is 1. The molecular weight excluding hydrogens is 439 g/mol. The Balaban J connectivity index is 1.34. The summed E-state index contributed by atoms with van der Waals surface area (Å²) < 4.78 is 19.5. The summed E-state index contributed by atoms with van der Waals surface area (Å²) in [5, 5.41) is 0. The summed E-state index contributed by atoms with van der Waals surface area (Å²) >= 11 is 0. The van der Waals surface area contributed by atoms with E-state index in [0.717, 1.165) is 43.9 Å². The first-order chi connectivity index (χ1) is 17.2. The minimum Gasteiger partial charge on any atom is -0.383 e. The topological polar surface area (TPSA) is 41.5 Å². The van der Waals surface area contributed by atoms with Gasteiger partial charge in [-0.25, -0.2) is 14.4 Å². The zero-order valence-electron chi connectivity index (χ0n) is 20.1. The molecule has 35 heavy (non-hydrogen) atoms. The fourth-order valence-corrected chi connectivity index (χ4v) is 5.47. The minimum atomic E-state index is -0.288. The average Bonchev–Trinajstić information content (AvgIpc) is 2.87. The molecular formula is C29H31FN4O. The third-order valence-corrected chi connectivity index (χ3v) is 7.14. The Bertz CT molecular complexity index is 1170. The summed E-state index contributed by atoms with van der Waals surface area (Å²) in [6, 6.07) is 15.9. The maximum Gasteiger partial charge on any atom is 0.138 e. The Kier molecular flexibility index (Phi) is 7.48. The van der Waals surface area contributed by atoms with Crippen LogP contribution < -0.4 is 0 Å². The fourth-order valence-electron chi connectivity index (χ4n) is 5.47. The van der Waals surface area contributed by atoms with Crippen LogP contribution in [-0.4, -0.2) is 65.2 Å². The van der Waals surface area contributed by atoms with Crippen molar-refractivity contribution in [3.05, 3.63) is 95.3 Å². The zero-order valence-corrected chi connectivity index (χ0v) is 20.1. The molecule has 2 saturated heterocycles. The molecule has 5 rings (SSSR count). The molecule has 3 atom stereocenters. The fraction of sp³-hybridized carbons (Fsp3) is 0.379. The van der Waals surface area contributed by atoms with Gasteiger partial charge < -0.3 is 4.74 Å². The predicted molar refractivity (Wildman–Crippen MR) is 134 cm³/mol. The van der Waals surface area contributed by atoms with Gasteiger partial charge in [-0.05, 0) is 55.8 Å². The van der Waals surface area contributed by atoms with Crippen molar-refractivity contribution in [1.82, 2.24) is 19.8 Å². The standard InChI is InChI=1S/C29H31FN4O/c1-35-20-28-29(25-12-9-22(10-13-25)8-11-24-6-2-3-7-26(24)30)27-19-33(14-4-5-15-34(27)28)18-23-16-31-21-32-17-23/h2-3,6-7,9-10,12-13,16-17,21,27-29H,4-5,14-15,18-20H2,1H3/t27-,28-,29-/m0/s1. The van der Waals surface area contributed by atoms with Crippen molar-refractivity contribution >= 4 is 0 Å². The lowest BCUT2D eigenvalue weighted by molar-refractivity contribution is -0.0726. The van der Waals surface area contributed by atoms with Gasteiger partial charge >= 0.3 is 0 Å². The van der Waals surface area contributed by atoms with Crippen LogP contribution in [0.3, 0.4) is 0 Å². The van der Waals surface area contributed by atoms with E-state index >= 15 is 0 Å². The summed E-state index contributed by atoms with van der Waals surface area (Å²) in [5.41, 5.74) is 3.78. The van der Waals surface area contributed by atoms with Gasteiger partial charge in [0, 0.05) is 61.7 Å². The molecule has 2 aliphatic heterocycles. The highest BCUT2D eigenvalue weighted by atomic mass is 19.1. The van der Waals surface area contributed by atoms with E-state index in [2.05, 4.69) is 55.9 Å². The highest BCUT2D eigenvalue weighted by molar-refractivity contribution is 5.44. The zero-order chi connectivity index (χ0) is 24.0. The third-order valence-electron chi connectivity index (χ3n) is 7.14. The van der Waals surface area contributed by atoms with Crippen molar-refractivity contribution in [3.8, 4) is 11.8 Å².